The number of nitrogens with two attached hydrogens (primary N) is 1. The first-order chi connectivity index (χ1) is 8.19. The van der Waals surface area contributed by atoms with E-state index in [1.165, 1.54) is 0 Å². The van der Waals surface area contributed by atoms with E-state index in [0.717, 1.165) is 5.56 Å². The minimum atomic E-state index is 0.0383. The molecule has 0 saturated heterocycles. The van der Waals surface area contributed by atoms with Crippen molar-refractivity contribution < 1.29 is 14.7 Å². The van der Waals surface area contributed by atoms with Crippen LogP contribution in [-0.2, 0) is 4.74 Å². The Morgan fingerprint density at radius 3 is 2.82 bits per heavy atom. The highest BCUT2D eigenvalue weighted by molar-refractivity contribution is 5.99. The number of hydrogen-bond donors (Lipinski definition) is 2. The minimum absolute atomic E-state index is 0.0383. The van der Waals surface area contributed by atoms with Crippen LogP contribution in [0.15, 0.2) is 23.4 Å². The molecular weight excluding hydrogens is 220 g/mol. The quantitative estimate of drug-likeness (QED) is 0.259. The first-order valence-electron chi connectivity index (χ1n) is 5.48. The maximum absolute atomic E-state index is 8.67. The third-order valence-electron chi connectivity index (χ3n) is 2.21. The lowest BCUT2D eigenvalue weighted by Crippen LogP contribution is -2.16. The average Bonchev–Trinajstić information content (AvgIpc) is 2.34. The van der Waals surface area contributed by atoms with Gasteiger partial charge in [-0.2, -0.15) is 0 Å². The molecular formula is C12H18N2O3. The number of rotatable bonds is 6. The van der Waals surface area contributed by atoms with Gasteiger partial charge in [0.2, 0.25) is 0 Å². The molecule has 0 bridgehead atoms. The Morgan fingerprint density at radius 2 is 2.18 bits per heavy atom. The fraction of sp³-hybridized carbons (Fsp3) is 0.417. The Morgan fingerprint density at radius 1 is 1.41 bits per heavy atom. The van der Waals surface area contributed by atoms with Gasteiger partial charge in [-0.15, -0.1) is 0 Å². The lowest BCUT2D eigenvalue weighted by molar-refractivity contribution is 0.110. The van der Waals surface area contributed by atoms with Crippen molar-refractivity contribution in [3.8, 4) is 5.75 Å². The van der Waals surface area contributed by atoms with Gasteiger partial charge in [-0.3, -0.25) is 0 Å². The zero-order valence-corrected chi connectivity index (χ0v) is 10.1. The molecule has 5 nitrogen and oxygen atoms in total. The molecule has 0 aliphatic heterocycles. The van der Waals surface area contributed by atoms with Crippen LogP contribution in [0, 0.1) is 6.92 Å². The van der Waals surface area contributed by atoms with Gasteiger partial charge in [-0.1, -0.05) is 11.2 Å². The summed E-state index contributed by atoms with van der Waals surface area (Å²) in [5.41, 5.74) is 7.19. The van der Waals surface area contributed by atoms with Gasteiger partial charge in [0.05, 0.1) is 12.2 Å². The summed E-state index contributed by atoms with van der Waals surface area (Å²) < 4.78 is 10.7. The third-order valence-corrected chi connectivity index (χ3v) is 2.21. The van der Waals surface area contributed by atoms with Crippen molar-refractivity contribution in [2.45, 2.75) is 13.8 Å². The number of benzene rings is 1. The highest BCUT2D eigenvalue weighted by Gasteiger charge is 2.08. The van der Waals surface area contributed by atoms with Gasteiger partial charge in [0.15, 0.2) is 5.84 Å². The molecule has 3 N–H and O–H groups in total. The van der Waals surface area contributed by atoms with Crippen LogP contribution in [0.3, 0.4) is 0 Å². The van der Waals surface area contributed by atoms with Crippen LogP contribution >= 0.6 is 0 Å². The Balaban J connectivity index is 2.77. The lowest BCUT2D eigenvalue weighted by atomic mass is 10.1. The van der Waals surface area contributed by atoms with Gasteiger partial charge in [-0.05, 0) is 31.5 Å². The van der Waals surface area contributed by atoms with Crippen LogP contribution in [0.4, 0.5) is 0 Å². The van der Waals surface area contributed by atoms with Crippen LogP contribution < -0.4 is 10.5 Å². The van der Waals surface area contributed by atoms with E-state index < -0.39 is 0 Å². The van der Waals surface area contributed by atoms with Gasteiger partial charge >= 0.3 is 0 Å². The van der Waals surface area contributed by atoms with Crippen LogP contribution in [0.2, 0.25) is 0 Å². The Hall–Kier alpha value is -1.75. The highest BCUT2D eigenvalue weighted by Crippen LogP contribution is 2.20. The van der Waals surface area contributed by atoms with E-state index in [9.17, 15) is 0 Å². The monoisotopic (exact) mass is 238 g/mol. The predicted molar refractivity (Wildman–Crippen MR) is 65.7 cm³/mol. The summed E-state index contributed by atoms with van der Waals surface area (Å²) in [6.07, 6.45) is 0. The maximum atomic E-state index is 8.67. The summed E-state index contributed by atoms with van der Waals surface area (Å²) in [5, 5.41) is 11.7. The Bertz CT molecular complexity index is 391. The SMILES string of the molecule is CCOCCOc1cc(C)ccc1C(N)=NO. The molecule has 0 atom stereocenters. The van der Waals surface area contributed by atoms with Gasteiger partial charge in [0.25, 0.3) is 0 Å². The predicted octanol–water partition coefficient (Wildman–Crippen LogP) is 1.50. The van der Waals surface area contributed by atoms with Crippen molar-refractivity contribution >= 4 is 5.84 Å². The molecule has 0 fully saturated rings. The van der Waals surface area contributed by atoms with E-state index in [1.54, 1.807) is 6.07 Å². The number of oxime groups is 1. The van der Waals surface area contributed by atoms with Crippen molar-refractivity contribution in [1.82, 2.24) is 0 Å². The molecule has 1 aromatic rings. The molecule has 0 aliphatic rings. The standard InChI is InChI=1S/C12H18N2O3/c1-3-16-6-7-17-11-8-9(2)4-5-10(11)12(13)14-15/h4-5,8,15H,3,6-7H2,1-2H3,(H2,13,14). The molecule has 0 saturated carbocycles. The van der Waals surface area contributed by atoms with Gasteiger partial charge in [0, 0.05) is 6.61 Å². The van der Waals surface area contributed by atoms with Gasteiger partial charge in [-0.25, -0.2) is 0 Å². The molecule has 17 heavy (non-hydrogen) atoms. The topological polar surface area (TPSA) is 77.1 Å². The van der Waals surface area contributed by atoms with Crippen LogP contribution in [0.5, 0.6) is 5.75 Å². The second-order valence-corrected chi connectivity index (χ2v) is 3.53. The number of hydrogen-bond acceptors (Lipinski definition) is 4. The minimum Gasteiger partial charge on any atom is -0.490 e. The highest BCUT2D eigenvalue weighted by atomic mass is 16.5. The lowest BCUT2D eigenvalue weighted by Gasteiger charge is -2.11. The smallest absolute Gasteiger partial charge is 0.173 e. The molecule has 0 aromatic heterocycles. The van der Waals surface area contributed by atoms with E-state index in [0.29, 0.717) is 31.1 Å². The first kappa shape index (κ1) is 13.3. The van der Waals surface area contributed by atoms with Crippen LogP contribution in [0.1, 0.15) is 18.1 Å². The molecule has 0 unspecified atom stereocenters. The largest absolute Gasteiger partial charge is 0.490 e. The van der Waals surface area contributed by atoms with E-state index >= 15 is 0 Å². The fourth-order valence-electron chi connectivity index (χ4n) is 1.37. The van der Waals surface area contributed by atoms with Crippen molar-refractivity contribution in [3.05, 3.63) is 29.3 Å². The molecule has 1 rings (SSSR count). The van der Waals surface area contributed by atoms with E-state index in [1.807, 2.05) is 26.0 Å². The van der Waals surface area contributed by atoms with Crippen molar-refractivity contribution in [1.29, 1.82) is 0 Å². The van der Waals surface area contributed by atoms with Crippen molar-refractivity contribution in [2.24, 2.45) is 10.9 Å². The van der Waals surface area contributed by atoms with Crippen LogP contribution in [-0.4, -0.2) is 30.9 Å². The van der Waals surface area contributed by atoms with Crippen molar-refractivity contribution in [3.63, 3.8) is 0 Å². The number of nitrogens with zero attached hydrogens (tertiary/aromatic N) is 1. The van der Waals surface area contributed by atoms with E-state index in [-0.39, 0.29) is 5.84 Å². The molecule has 0 radical (unpaired) electrons. The molecule has 0 spiro atoms. The zero-order chi connectivity index (χ0) is 12.7. The first-order valence-corrected chi connectivity index (χ1v) is 5.48. The summed E-state index contributed by atoms with van der Waals surface area (Å²) in [6.45, 7) is 5.48. The van der Waals surface area contributed by atoms with E-state index in [2.05, 4.69) is 5.16 Å². The Kier molecular flexibility index (Phi) is 5.29. The molecule has 1 aromatic carbocycles. The maximum Gasteiger partial charge on any atom is 0.173 e. The van der Waals surface area contributed by atoms with E-state index in [4.69, 9.17) is 20.4 Å². The second-order valence-electron chi connectivity index (χ2n) is 3.53. The molecule has 0 aliphatic carbocycles. The Labute approximate surface area is 101 Å². The third kappa shape index (κ3) is 3.96. The molecule has 0 heterocycles. The average molecular weight is 238 g/mol. The van der Waals surface area contributed by atoms with Crippen molar-refractivity contribution in [2.75, 3.05) is 19.8 Å². The summed E-state index contributed by atoms with van der Waals surface area (Å²) in [5.74, 6) is 0.636. The number of aryl methyl sites for hydroxylation is 1. The summed E-state index contributed by atoms with van der Waals surface area (Å²) >= 11 is 0. The zero-order valence-electron chi connectivity index (χ0n) is 10.1. The normalized spacial score (nSPS) is 11.5. The van der Waals surface area contributed by atoms with Gasteiger partial charge in [0.1, 0.15) is 12.4 Å². The van der Waals surface area contributed by atoms with Crippen LogP contribution in [0.25, 0.3) is 0 Å². The molecule has 94 valence electrons. The molecule has 5 heteroatoms. The summed E-state index contributed by atoms with van der Waals surface area (Å²) in [4.78, 5) is 0. The number of ether oxygens (including phenoxy) is 2. The number of amidine groups is 1. The van der Waals surface area contributed by atoms with Gasteiger partial charge < -0.3 is 20.4 Å². The second kappa shape index (κ2) is 6.75. The fourth-order valence-corrected chi connectivity index (χ4v) is 1.37. The summed E-state index contributed by atoms with van der Waals surface area (Å²) in [6, 6.07) is 5.49. The molecule has 0 amide bonds. The summed E-state index contributed by atoms with van der Waals surface area (Å²) in [7, 11) is 0.